The normalized spacial score (nSPS) is 18.7. The molecule has 1 fully saturated rings. The van der Waals surface area contributed by atoms with Crippen molar-refractivity contribution in [3.05, 3.63) is 48.4 Å². The number of nitrogens with zero attached hydrogens (tertiary/aromatic N) is 3. The Balaban J connectivity index is 1.74. The Morgan fingerprint density at radius 3 is 2.64 bits per heavy atom. The van der Waals surface area contributed by atoms with E-state index in [0.29, 0.717) is 24.4 Å². The number of ether oxygens (including phenoxy) is 1. The second-order valence-electron chi connectivity index (χ2n) is 5.87. The minimum absolute atomic E-state index is 0.0978. The topological polar surface area (TPSA) is 89.5 Å². The van der Waals surface area contributed by atoms with E-state index in [2.05, 4.69) is 9.97 Å². The van der Waals surface area contributed by atoms with Gasteiger partial charge in [-0.25, -0.2) is 13.4 Å². The first-order chi connectivity index (χ1) is 12.0. The lowest BCUT2D eigenvalue weighted by Crippen LogP contribution is -2.44. The lowest BCUT2D eigenvalue weighted by Gasteiger charge is -2.31. The molecule has 1 aliphatic heterocycles. The van der Waals surface area contributed by atoms with Crippen LogP contribution >= 0.6 is 0 Å². The van der Waals surface area contributed by atoms with Gasteiger partial charge < -0.3 is 4.74 Å². The Labute approximate surface area is 146 Å². The fourth-order valence-electron chi connectivity index (χ4n) is 2.75. The molecule has 0 bridgehead atoms. The molecule has 1 unspecified atom stereocenters. The predicted molar refractivity (Wildman–Crippen MR) is 90.9 cm³/mol. The lowest BCUT2D eigenvalue weighted by atomic mass is 10.1. The van der Waals surface area contributed by atoms with E-state index in [9.17, 15) is 13.2 Å². The fraction of sp³-hybridized carbons (Fsp3) is 0.353. The molecule has 7 nitrogen and oxygen atoms in total. The molecule has 132 valence electrons. The largest absolute Gasteiger partial charge is 0.472 e. The molecule has 0 aliphatic carbocycles. The summed E-state index contributed by atoms with van der Waals surface area (Å²) < 4.78 is 32.8. The van der Waals surface area contributed by atoms with Gasteiger partial charge >= 0.3 is 0 Å². The molecule has 0 amide bonds. The molecule has 0 spiro atoms. The highest BCUT2D eigenvalue weighted by Crippen LogP contribution is 2.23. The zero-order valence-electron chi connectivity index (χ0n) is 13.8. The summed E-state index contributed by atoms with van der Waals surface area (Å²) in [7, 11) is -3.62. The van der Waals surface area contributed by atoms with Crippen molar-refractivity contribution in [3.8, 4) is 5.88 Å². The molecular formula is C17H19N3O4S. The van der Waals surface area contributed by atoms with Crippen LogP contribution in [0.3, 0.4) is 0 Å². The van der Waals surface area contributed by atoms with Crippen LogP contribution in [0.25, 0.3) is 0 Å². The number of piperidine rings is 1. The second-order valence-corrected chi connectivity index (χ2v) is 7.81. The van der Waals surface area contributed by atoms with Crippen molar-refractivity contribution in [2.45, 2.75) is 30.8 Å². The van der Waals surface area contributed by atoms with E-state index in [1.165, 1.54) is 47.9 Å². The minimum atomic E-state index is -3.62. The summed E-state index contributed by atoms with van der Waals surface area (Å²) in [5.74, 6) is 0.289. The van der Waals surface area contributed by atoms with Crippen LogP contribution in [-0.4, -0.2) is 47.7 Å². The van der Waals surface area contributed by atoms with E-state index in [1.807, 2.05) is 0 Å². The summed E-state index contributed by atoms with van der Waals surface area (Å²) in [6.07, 6.45) is 5.78. The number of benzene rings is 1. The average Bonchev–Trinajstić information content (AvgIpc) is 2.63. The molecule has 3 rings (SSSR count). The number of carbonyl (C=O) groups excluding carboxylic acids is 1. The molecule has 1 aliphatic rings. The first kappa shape index (κ1) is 17.5. The number of hydrogen-bond donors (Lipinski definition) is 0. The highest BCUT2D eigenvalue weighted by molar-refractivity contribution is 7.89. The first-order valence-electron chi connectivity index (χ1n) is 8.00. The van der Waals surface area contributed by atoms with Crippen LogP contribution in [0.2, 0.25) is 0 Å². The summed E-state index contributed by atoms with van der Waals surface area (Å²) in [4.78, 5) is 19.5. The van der Waals surface area contributed by atoms with Crippen LogP contribution in [0.5, 0.6) is 5.88 Å². The Morgan fingerprint density at radius 1 is 1.24 bits per heavy atom. The summed E-state index contributed by atoms with van der Waals surface area (Å²) in [6, 6.07) is 6.01. The third-order valence-corrected chi connectivity index (χ3v) is 5.95. The Morgan fingerprint density at radius 2 is 2.00 bits per heavy atom. The third kappa shape index (κ3) is 4.02. The lowest BCUT2D eigenvalue weighted by molar-refractivity contribution is 0.101. The van der Waals surface area contributed by atoms with Crippen LogP contribution in [0, 0.1) is 0 Å². The fourth-order valence-corrected chi connectivity index (χ4v) is 4.26. The summed E-state index contributed by atoms with van der Waals surface area (Å²) in [5, 5.41) is 0. The molecule has 8 heteroatoms. The van der Waals surface area contributed by atoms with Gasteiger partial charge in [0.05, 0.1) is 17.6 Å². The number of ketones is 1. The van der Waals surface area contributed by atoms with Gasteiger partial charge in [0.15, 0.2) is 5.78 Å². The Hall–Kier alpha value is -2.32. The number of Topliss-reactive ketones (excluding diaryl/α,β-unsaturated/α-hetero) is 1. The number of rotatable bonds is 5. The van der Waals surface area contributed by atoms with Gasteiger partial charge in [0, 0.05) is 24.5 Å². The quantitative estimate of drug-likeness (QED) is 0.756. The standard InChI is InChI=1S/C17H19N3O4S/c1-13(21)14-4-6-16(7-5-14)25(22,23)20-10-2-3-15(12-20)24-17-11-18-8-9-19-17/h4-9,11,15H,2-3,10,12H2,1H3. The smallest absolute Gasteiger partial charge is 0.243 e. The molecular weight excluding hydrogens is 342 g/mol. The molecule has 1 atom stereocenters. The molecule has 1 aromatic carbocycles. The van der Waals surface area contributed by atoms with Crippen molar-refractivity contribution in [1.82, 2.24) is 14.3 Å². The van der Waals surface area contributed by atoms with Crippen LogP contribution in [0.4, 0.5) is 0 Å². The zero-order chi connectivity index (χ0) is 17.9. The first-order valence-corrected chi connectivity index (χ1v) is 9.44. The highest BCUT2D eigenvalue weighted by atomic mass is 32.2. The molecule has 1 saturated heterocycles. The van der Waals surface area contributed by atoms with Gasteiger partial charge in [0.25, 0.3) is 0 Å². The van der Waals surface area contributed by atoms with Crippen molar-refractivity contribution in [3.63, 3.8) is 0 Å². The summed E-state index contributed by atoms with van der Waals surface area (Å²) in [6.45, 7) is 2.15. The van der Waals surface area contributed by atoms with Crippen LogP contribution in [0.1, 0.15) is 30.1 Å². The van der Waals surface area contributed by atoms with Crippen LogP contribution in [0.15, 0.2) is 47.8 Å². The molecule has 2 aromatic rings. The SMILES string of the molecule is CC(=O)c1ccc(S(=O)(=O)N2CCCC(Oc3cnccn3)C2)cc1. The van der Waals surface area contributed by atoms with Gasteiger partial charge in [-0.05, 0) is 31.9 Å². The van der Waals surface area contributed by atoms with Gasteiger partial charge in [0.2, 0.25) is 15.9 Å². The zero-order valence-corrected chi connectivity index (χ0v) is 14.6. The van der Waals surface area contributed by atoms with Gasteiger partial charge in [0.1, 0.15) is 6.10 Å². The third-order valence-electron chi connectivity index (χ3n) is 4.07. The van der Waals surface area contributed by atoms with E-state index in [-0.39, 0.29) is 23.3 Å². The number of sulfonamides is 1. The van der Waals surface area contributed by atoms with Gasteiger partial charge in [-0.15, -0.1) is 0 Å². The van der Waals surface area contributed by atoms with E-state index in [0.717, 1.165) is 6.42 Å². The Kier molecular flexibility index (Phi) is 5.10. The van der Waals surface area contributed by atoms with Crippen molar-refractivity contribution in [2.75, 3.05) is 13.1 Å². The molecule has 1 aromatic heterocycles. The van der Waals surface area contributed by atoms with Gasteiger partial charge in [-0.2, -0.15) is 4.31 Å². The minimum Gasteiger partial charge on any atom is -0.472 e. The van der Waals surface area contributed by atoms with Gasteiger partial charge in [-0.3, -0.25) is 9.78 Å². The molecule has 2 heterocycles. The number of aromatic nitrogens is 2. The molecule has 0 N–H and O–H groups in total. The number of carbonyl (C=O) groups is 1. The molecule has 0 radical (unpaired) electrons. The van der Waals surface area contributed by atoms with Crippen molar-refractivity contribution < 1.29 is 17.9 Å². The van der Waals surface area contributed by atoms with E-state index in [4.69, 9.17) is 4.74 Å². The van der Waals surface area contributed by atoms with E-state index >= 15 is 0 Å². The van der Waals surface area contributed by atoms with Gasteiger partial charge in [-0.1, -0.05) is 12.1 Å². The van der Waals surface area contributed by atoms with Crippen LogP contribution in [-0.2, 0) is 10.0 Å². The van der Waals surface area contributed by atoms with Crippen molar-refractivity contribution in [1.29, 1.82) is 0 Å². The summed E-state index contributed by atoms with van der Waals surface area (Å²) in [5.41, 5.74) is 0.487. The van der Waals surface area contributed by atoms with E-state index in [1.54, 1.807) is 6.20 Å². The summed E-state index contributed by atoms with van der Waals surface area (Å²) >= 11 is 0. The van der Waals surface area contributed by atoms with Crippen molar-refractivity contribution in [2.24, 2.45) is 0 Å². The van der Waals surface area contributed by atoms with Crippen LogP contribution < -0.4 is 4.74 Å². The maximum atomic E-state index is 12.8. The van der Waals surface area contributed by atoms with Crippen molar-refractivity contribution >= 4 is 15.8 Å². The monoisotopic (exact) mass is 361 g/mol. The predicted octanol–water partition coefficient (Wildman–Crippen LogP) is 1.91. The Bertz CT molecular complexity index is 838. The van der Waals surface area contributed by atoms with E-state index < -0.39 is 10.0 Å². The second kappa shape index (κ2) is 7.28. The molecule has 0 saturated carbocycles. The average molecular weight is 361 g/mol. The maximum absolute atomic E-state index is 12.8. The maximum Gasteiger partial charge on any atom is 0.243 e. The number of hydrogen-bond acceptors (Lipinski definition) is 6. The highest BCUT2D eigenvalue weighted by Gasteiger charge is 2.31. The molecule has 25 heavy (non-hydrogen) atoms.